The molecule has 0 bridgehead atoms. The topological polar surface area (TPSA) is 80.2 Å². The first-order valence-corrected chi connectivity index (χ1v) is 10.5. The lowest BCUT2D eigenvalue weighted by atomic mass is 9.82. The standard InChI is InChI=1S/C21H28F3N3O4/c1-3-27-12-8-20(9-13-27)17(14(2)19(29)31-20)18(28)26-11-10-25-15-4-6-16(7-5-15)30-21(22,23)24/h4,6,16H,3,5,7-13H2,1-2H3,(H,26,28). The Labute approximate surface area is 179 Å². The third kappa shape index (κ3) is 5.74. The van der Waals surface area contributed by atoms with Crippen molar-refractivity contribution in [2.24, 2.45) is 4.99 Å². The second kappa shape index (κ2) is 9.52. The van der Waals surface area contributed by atoms with Gasteiger partial charge < -0.3 is 15.0 Å². The summed E-state index contributed by atoms with van der Waals surface area (Å²) >= 11 is 0. The van der Waals surface area contributed by atoms with Crippen molar-refractivity contribution in [3.63, 3.8) is 0 Å². The highest BCUT2D eigenvalue weighted by molar-refractivity contribution is 6.07. The normalized spacial score (nSPS) is 25.4. The lowest BCUT2D eigenvalue weighted by molar-refractivity contribution is -0.336. The Balaban J connectivity index is 1.53. The van der Waals surface area contributed by atoms with E-state index in [0.717, 1.165) is 19.6 Å². The van der Waals surface area contributed by atoms with Gasteiger partial charge in [-0.2, -0.15) is 0 Å². The Morgan fingerprint density at radius 1 is 1.39 bits per heavy atom. The van der Waals surface area contributed by atoms with Gasteiger partial charge in [-0.05, 0) is 32.4 Å². The van der Waals surface area contributed by atoms with Crippen LogP contribution in [0.2, 0.25) is 0 Å². The van der Waals surface area contributed by atoms with E-state index >= 15 is 0 Å². The summed E-state index contributed by atoms with van der Waals surface area (Å²) in [6.45, 7) is 6.64. The molecule has 1 unspecified atom stereocenters. The predicted octanol–water partition coefficient (Wildman–Crippen LogP) is 2.53. The molecule has 0 aromatic carbocycles. The number of likely N-dealkylation sites (tertiary alicyclic amines) is 1. The Morgan fingerprint density at radius 2 is 2.10 bits per heavy atom. The molecule has 31 heavy (non-hydrogen) atoms. The number of amides is 1. The van der Waals surface area contributed by atoms with E-state index in [4.69, 9.17) is 4.74 Å². The average Bonchev–Trinajstić information content (AvgIpc) is 2.95. The van der Waals surface area contributed by atoms with Crippen LogP contribution in [0.3, 0.4) is 0 Å². The van der Waals surface area contributed by atoms with Gasteiger partial charge in [-0.1, -0.05) is 13.0 Å². The molecule has 3 aliphatic rings. The molecule has 1 atom stereocenters. The minimum atomic E-state index is -4.66. The summed E-state index contributed by atoms with van der Waals surface area (Å²) in [6.07, 6.45) is -1.05. The van der Waals surface area contributed by atoms with Crippen molar-refractivity contribution in [3.8, 4) is 0 Å². The van der Waals surface area contributed by atoms with Crippen molar-refractivity contribution in [3.05, 3.63) is 23.3 Å². The fourth-order valence-corrected chi connectivity index (χ4v) is 4.26. The molecule has 2 aliphatic heterocycles. The van der Waals surface area contributed by atoms with Crippen LogP contribution in [-0.2, 0) is 19.1 Å². The van der Waals surface area contributed by atoms with Gasteiger partial charge in [0, 0.05) is 43.8 Å². The zero-order valence-corrected chi connectivity index (χ0v) is 17.8. The Bertz CT molecular complexity index is 796. The third-order valence-electron chi connectivity index (χ3n) is 5.95. The summed E-state index contributed by atoms with van der Waals surface area (Å²) in [5, 5.41) is 2.80. The first-order valence-electron chi connectivity index (χ1n) is 10.5. The van der Waals surface area contributed by atoms with Gasteiger partial charge in [0.1, 0.15) is 5.60 Å². The highest BCUT2D eigenvalue weighted by Gasteiger charge is 2.50. The van der Waals surface area contributed by atoms with E-state index in [1.54, 1.807) is 6.92 Å². The first kappa shape index (κ1) is 23.5. The van der Waals surface area contributed by atoms with Gasteiger partial charge in [-0.25, -0.2) is 4.79 Å². The molecule has 1 N–H and O–H groups in total. The molecule has 1 saturated heterocycles. The second-order valence-electron chi connectivity index (χ2n) is 7.95. The number of allylic oxidation sites excluding steroid dienone is 1. The zero-order chi connectivity index (χ0) is 22.6. The third-order valence-corrected chi connectivity index (χ3v) is 5.95. The van der Waals surface area contributed by atoms with Crippen molar-refractivity contribution < 1.29 is 32.2 Å². The number of rotatable bonds is 6. The van der Waals surface area contributed by atoms with Crippen LogP contribution in [0.25, 0.3) is 0 Å². The fourth-order valence-electron chi connectivity index (χ4n) is 4.26. The highest BCUT2D eigenvalue weighted by atomic mass is 19.4. The minimum Gasteiger partial charge on any atom is -0.450 e. The van der Waals surface area contributed by atoms with Crippen LogP contribution in [0.1, 0.15) is 39.5 Å². The number of esters is 1. The van der Waals surface area contributed by atoms with Gasteiger partial charge in [0.05, 0.1) is 18.2 Å². The molecule has 0 saturated carbocycles. The molecule has 1 spiro atoms. The maximum Gasteiger partial charge on any atom is 0.523 e. The van der Waals surface area contributed by atoms with Gasteiger partial charge in [-0.3, -0.25) is 14.5 Å². The Kier molecular flexibility index (Phi) is 7.20. The molecule has 2 heterocycles. The molecule has 1 fully saturated rings. The van der Waals surface area contributed by atoms with E-state index in [-0.39, 0.29) is 25.4 Å². The summed E-state index contributed by atoms with van der Waals surface area (Å²) in [4.78, 5) is 31.6. The number of nitrogens with zero attached hydrogens (tertiary/aromatic N) is 2. The number of piperidine rings is 1. The first-order chi connectivity index (χ1) is 14.6. The van der Waals surface area contributed by atoms with Gasteiger partial charge in [-0.15, -0.1) is 13.2 Å². The zero-order valence-electron chi connectivity index (χ0n) is 17.8. The molecule has 1 aliphatic carbocycles. The van der Waals surface area contributed by atoms with Crippen molar-refractivity contribution in [2.75, 3.05) is 32.7 Å². The van der Waals surface area contributed by atoms with E-state index in [1.165, 1.54) is 12.2 Å². The number of hydrogen-bond donors (Lipinski definition) is 1. The summed E-state index contributed by atoms with van der Waals surface area (Å²) in [7, 11) is 0. The number of nitrogens with one attached hydrogen (secondary N) is 1. The largest absolute Gasteiger partial charge is 0.523 e. The van der Waals surface area contributed by atoms with Crippen LogP contribution < -0.4 is 5.32 Å². The Hall–Kier alpha value is -2.20. The van der Waals surface area contributed by atoms with Crippen LogP contribution in [0.5, 0.6) is 0 Å². The van der Waals surface area contributed by atoms with Crippen molar-refractivity contribution in [1.82, 2.24) is 10.2 Å². The number of ether oxygens (including phenoxy) is 2. The summed E-state index contributed by atoms with van der Waals surface area (Å²) in [5.41, 5.74) is 0.558. The Morgan fingerprint density at radius 3 is 2.68 bits per heavy atom. The molecular formula is C21H28F3N3O4. The van der Waals surface area contributed by atoms with Crippen molar-refractivity contribution in [2.45, 2.75) is 57.6 Å². The summed E-state index contributed by atoms with van der Waals surface area (Å²) in [5.74, 6) is -0.773. The van der Waals surface area contributed by atoms with E-state index in [9.17, 15) is 22.8 Å². The molecule has 0 radical (unpaired) electrons. The SMILES string of the molecule is CCN1CCC2(CC1)OC(=O)C(C)=C2C(=O)NCCN=C1C=CC(OC(F)(F)F)CC1. The monoisotopic (exact) mass is 443 g/mol. The van der Waals surface area contributed by atoms with Gasteiger partial charge in [0.15, 0.2) is 0 Å². The molecule has 1 amide bonds. The lowest BCUT2D eigenvalue weighted by Crippen LogP contribution is -2.48. The second-order valence-corrected chi connectivity index (χ2v) is 7.95. The molecular weight excluding hydrogens is 415 g/mol. The molecule has 0 aromatic rings. The highest BCUT2D eigenvalue weighted by Crippen LogP contribution is 2.40. The number of alkyl halides is 3. The summed E-state index contributed by atoms with van der Waals surface area (Å²) < 4.78 is 46.4. The van der Waals surface area contributed by atoms with E-state index in [2.05, 4.69) is 26.9 Å². The maximum absolute atomic E-state index is 12.9. The average molecular weight is 443 g/mol. The van der Waals surface area contributed by atoms with Gasteiger partial charge in [0.2, 0.25) is 0 Å². The fraction of sp³-hybridized carbons (Fsp3) is 0.667. The summed E-state index contributed by atoms with van der Waals surface area (Å²) in [6, 6.07) is 0. The molecule has 3 rings (SSSR count). The number of carbonyl (C=O) groups excluding carboxylic acids is 2. The van der Waals surface area contributed by atoms with Gasteiger partial charge in [0.25, 0.3) is 5.91 Å². The van der Waals surface area contributed by atoms with Crippen LogP contribution in [0.4, 0.5) is 13.2 Å². The van der Waals surface area contributed by atoms with Crippen LogP contribution in [0, 0.1) is 0 Å². The van der Waals surface area contributed by atoms with Crippen molar-refractivity contribution in [1.29, 1.82) is 0 Å². The maximum atomic E-state index is 12.9. The number of hydrogen-bond acceptors (Lipinski definition) is 6. The number of carbonyl (C=O) groups is 2. The van der Waals surface area contributed by atoms with Crippen LogP contribution in [-0.4, -0.2) is 73.3 Å². The smallest absolute Gasteiger partial charge is 0.450 e. The van der Waals surface area contributed by atoms with Crippen LogP contribution in [0.15, 0.2) is 28.3 Å². The van der Waals surface area contributed by atoms with Crippen LogP contribution >= 0.6 is 0 Å². The lowest BCUT2D eigenvalue weighted by Gasteiger charge is -2.38. The minimum absolute atomic E-state index is 0.198. The molecule has 172 valence electrons. The van der Waals surface area contributed by atoms with Crippen molar-refractivity contribution >= 4 is 17.6 Å². The number of halogens is 3. The molecule has 0 aromatic heterocycles. The van der Waals surface area contributed by atoms with E-state index < -0.39 is 24.0 Å². The van der Waals surface area contributed by atoms with Gasteiger partial charge >= 0.3 is 12.3 Å². The van der Waals surface area contributed by atoms with E-state index in [0.29, 0.717) is 36.1 Å². The number of aliphatic imine (C=N–C) groups is 1. The van der Waals surface area contributed by atoms with E-state index in [1.807, 2.05) is 0 Å². The molecule has 7 nitrogen and oxygen atoms in total. The quantitative estimate of drug-likeness (QED) is 0.504. The predicted molar refractivity (Wildman–Crippen MR) is 107 cm³/mol. The molecule has 10 heteroatoms.